The second kappa shape index (κ2) is 6.96. The summed E-state index contributed by atoms with van der Waals surface area (Å²) < 4.78 is 5.48. The van der Waals surface area contributed by atoms with Crippen molar-refractivity contribution in [1.82, 2.24) is 0 Å². The van der Waals surface area contributed by atoms with Gasteiger partial charge in [-0.1, -0.05) is 24.3 Å². The fourth-order valence-corrected chi connectivity index (χ4v) is 2.12. The summed E-state index contributed by atoms with van der Waals surface area (Å²) in [6, 6.07) is 14.1. The molecule has 0 fully saturated rings. The summed E-state index contributed by atoms with van der Waals surface area (Å²) in [5.74, 6) is 0.747. The summed E-state index contributed by atoms with van der Waals surface area (Å²) in [6.45, 7) is 5.39. The van der Waals surface area contributed by atoms with Crippen LogP contribution in [0.5, 0.6) is 5.75 Å². The molecule has 0 aliphatic rings. The van der Waals surface area contributed by atoms with Gasteiger partial charge < -0.3 is 15.2 Å². The molecule has 0 saturated carbocycles. The molecule has 0 spiro atoms. The van der Waals surface area contributed by atoms with E-state index in [9.17, 15) is 5.11 Å². The molecular formula is C17H21NO2. The van der Waals surface area contributed by atoms with E-state index in [0.29, 0.717) is 6.61 Å². The Morgan fingerprint density at radius 3 is 2.60 bits per heavy atom. The van der Waals surface area contributed by atoms with Crippen LogP contribution in [-0.4, -0.2) is 11.7 Å². The van der Waals surface area contributed by atoms with Crippen LogP contribution in [0.3, 0.4) is 0 Å². The molecule has 106 valence electrons. The zero-order valence-corrected chi connectivity index (χ0v) is 12.0. The SMILES string of the molecule is CCOc1ccc(NCc2ccccc2C)cc1CO. The highest BCUT2D eigenvalue weighted by molar-refractivity contribution is 5.51. The minimum absolute atomic E-state index is 0.0186. The van der Waals surface area contributed by atoms with Gasteiger partial charge in [-0.3, -0.25) is 0 Å². The van der Waals surface area contributed by atoms with Gasteiger partial charge in [0.05, 0.1) is 13.2 Å². The largest absolute Gasteiger partial charge is 0.494 e. The first-order chi connectivity index (χ1) is 9.74. The quantitative estimate of drug-likeness (QED) is 0.845. The van der Waals surface area contributed by atoms with E-state index in [2.05, 4.69) is 24.4 Å². The molecule has 2 aromatic carbocycles. The lowest BCUT2D eigenvalue weighted by Crippen LogP contribution is -2.03. The first kappa shape index (κ1) is 14.4. The number of hydrogen-bond acceptors (Lipinski definition) is 3. The zero-order chi connectivity index (χ0) is 14.4. The number of hydrogen-bond donors (Lipinski definition) is 2. The molecule has 2 aromatic rings. The number of aryl methyl sites for hydroxylation is 1. The number of benzene rings is 2. The summed E-state index contributed by atoms with van der Waals surface area (Å²) in [5, 5.41) is 12.8. The van der Waals surface area contributed by atoms with E-state index in [1.165, 1.54) is 11.1 Å². The molecule has 0 radical (unpaired) electrons. The van der Waals surface area contributed by atoms with Gasteiger partial charge in [0.1, 0.15) is 5.75 Å². The smallest absolute Gasteiger partial charge is 0.124 e. The van der Waals surface area contributed by atoms with Crippen LogP contribution < -0.4 is 10.1 Å². The van der Waals surface area contributed by atoms with Crippen molar-refractivity contribution in [2.45, 2.75) is 27.0 Å². The maximum atomic E-state index is 9.39. The molecule has 0 heterocycles. The van der Waals surface area contributed by atoms with E-state index in [1.54, 1.807) is 0 Å². The Bertz CT molecular complexity index is 567. The maximum absolute atomic E-state index is 9.39. The van der Waals surface area contributed by atoms with Crippen molar-refractivity contribution in [3.8, 4) is 5.75 Å². The van der Waals surface area contributed by atoms with Gasteiger partial charge in [0.25, 0.3) is 0 Å². The maximum Gasteiger partial charge on any atom is 0.124 e. The molecule has 2 N–H and O–H groups in total. The average Bonchev–Trinajstić information content (AvgIpc) is 2.48. The van der Waals surface area contributed by atoms with Gasteiger partial charge in [-0.15, -0.1) is 0 Å². The van der Waals surface area contributed by atoms with Crippen LogP contribution in [0.25, 0.3) is 0 Å². The lowest BCUT2D eigenvalue weighted by Gasteiger charge is -2.13. The second-order valence-corrected chi connectivity index (χ2v) is 4.69. The van der Waals surface area contributed by atoms with Crippen LogP contribution in [0.15, 0.2) is 42.5 Å². The van der Waals surface area contributed by atoms with E-state index in [4.69, 9.17) is 4.74 Å². The Morgan fingerprint density at radius 1 is 1.10 bits per heavy atom. The third kappa shape index (κ3) is 3.52. The average molecular weight is 271 g/mol. The van der Waals surface area contributed by atoms with Crippen LogP contribution in [0.4, 0.5) is 5.69 Å². The number of anilines is 1. The minimum atomic E-state index is -0.0186. The predicted octanol–water partition coefficient (Wildman–Crippen LogP) is 3.50. The number of aliphatic hydroxyl groups is 1. The molecule has 3 heteroatoms. The zero-order valence-electron chi connectivity index (χ0n) is 12.0. The Morgan fingerprint density at radius 2 is 1.90 bits per heavy atom. The highest BCUT2D eigenvalue weighted by Crippen LogP contribution is 2.23. The Hall–Kier alpha value is -2.00. The summed E-state index contributed by atoms with van der Waals surface area (Å²) >= 11 is 0. The monoisotopic (exact) mass is 271 g/mol. The van der Waals surface area contributed by atoms with Crippen molar-refractivity contribution in [2.24, 2.45) is 0 Å². The van der Waals surface area contributed by atoms with Gasteiger partial charge in [0.2, 0.25) is 0 Å². The lowest BCUT2D eigenvalue weighted by atomic mass is 10.1. The Balaban J connectivity index is 2.08. The minimum Gasteiger partial charge on any atom is -0.494 e. The Labute approximate surface area is 120 Å². The van der Waals surface area contributed by atoms with Crippen molar-refractivity contribution in [3.05, 3.63) is 59.2 Å². The first-order valence-electron chi connectivity index (χ1n) is 6.89. The molecule has 0 aliphatic heterocycles. The van der Waals surface area contributed by atoms with Crippen LogP contribution >= 0.6 is 0 Å². The van der Waals surface area contributed by atoms with E-state index in [-0.39, 0.29) is 6.61 Å². The first-order valence-corrected chi connectivity index (χ1v) is 6.89. The number of aliphatic hydroxyl groups excluding tert-OH is 1. The third-order valence-corrected chi connectivity index (χ3v) is 3.27. The van der Waals surface area contributed by atoms with E-state index < -0.39 is 0 Å². The van der Waals surface area contributed by atoms with E-state index in [1.807, 2.05) is 37.3 Å². The van der Waals surface area contributed by atoms with Crippen LogP contribution in [0.1, 0.15) is 23.6 Å². The van der Waals surface area contributed by atoms with E-state index in [0.717, 1.165) is 23.5 Å². The van der Waals surface area contributed by atoms with Crippen molar-refractivity contribution in [2.75, 3.05) is 11.9 Å². The van der Waals surface area contributed by atoms with Gasteiger partial charge in [-0.2, -0.15) is 0 Å². The van der Waals surface area contributed by atoms with Crippen molar-refractivity contribution in [1.29, 1.82) is 0 Å². The van der Waals surface area contributed by atoms with Crippen LogP contribution in [0.2, 0.25) is 0 Å². The van der Waals surface area contributed by atoms with Crippen molar-refractivity contribution < 1.29 is 9.84 Å². The molecule has 0 unspecified atom stereocenters. The number of nitrogens with one attached hydrogen (secondary N) is 1. The molecule has 0 saturated heterocycles. The molecule has 3 nitrogen and oxygen atoms in total. The van der Waals surface area contributed by atoms with Gasteiger partial charge in [-0.05, 0) is 43.2 Å². The standard InChI is InChI=1S/C17H21NO2/c1-3-20-17-9-8-16(10-15(17)12-19)18-11-14-7-5-4-6-13(14)2/h4-10,18-19H,3,11-12H2,1-2H3. The summed E-state index contributed by atoms with van der Waals surface area (Å²) in [6.07, 6.45) is 0. The number of ether oxygens (including phenoxy) is 1. The predicted molar refractivity (Wildman–Crippen MR) is 82.0 cm³/mol. The number of rotatable bonds is 6. The molecule has 0 aliphatic carbocycles. The molecule has 0 bridgehead atoms. The fourth-order valence-electron chi connectivity index (χ4n) is 2.12. The highest BCUT2D eigenvalue weighted by atomic mass is 16.5. The summed E-state index contributed by atoms with van der Waals surface area (Å²) in [4.78, 5) is 0. The molecular weight excluding hydrogens is 250 g/mol. The normalized spacial score (nSPS) is 10.3. The lowest BCUT2D eigenvalue weighted by molar-refractivity contribution is 0.267. The highest BCUT2D eigenvalue weighted by Gasteiger charge is 2.04. The van der Waals surface area contributed by atoms with Gasteiger partial charge in [0.15, 0.2) is 0 Å². The van der Waals surface area contributed by atoms with Crippen LogP contribution in [0, 0.1) is 6.92 Å². The third-order valence-electron chi connectivity index (χ3n) is 3.27. The summed E-state index contributed by atoms with van der Waals surface area (Å²) in [7, 11) is 0. The molecule has 20 heavy (non-hydrogen) atoms. The van der Waals surface area contributed by atoms with Crippen molar-refractivity contribution in [3.63, 3.8) is 0 Å². The molecule has 2 rings (SSSR count). The molecule has 0 aromatic heterocycles. The van der Waals surface area contributed by atoms with Gasteiger partial charge >= 0.3 is 0 Å². The van der Waals surface area contributed by atoms with Gasteiger partial charge in [-0.25, -0.2) is 0 Å². The van der Waals surface area contributed by atoms with Gasteiger partial charge in [0, 0.05) is 17.8 Å². The second-order valence-electron chi connectivity index (χ2n) is 4.69. The Kier molecular flexibility index (Phi) is 5.02. The van der Waals surface area contributed by atoms with Crippen LogP contribution in [-0.2, 0) is 13.2 Å². The fraction of sp³-hybridized carbons (Fsp3) is 0.294. The van der Waals surface area contributed by atoms with E-state index >= 15 is 0 Å². The molecule has 0 amide bonds. The topological polar surface area (TPSA) is 41.5 Å². The summed E-state index contributed by atoms with van der Waals surface area (Å²) in [5.41, 5.74) is 4.34. The molecule has 0 atom stereocenters. The van der Waals surface area contributed by atoms with Crippen molar-refractivity contribution >= 4 is 5.69 Å².